The summed E-state index contributed by atoms with van der Waals surface area (Å²) in [4.78, 5) is 18.3. The van der Waals surface area contributed by atoms with E-state index in [0.717, 1.165) is 21.1 Å². The molecular weight excluding hydrogens is 338 g/mol. The van der Waals surface area contributed by atoms with E-state index in [-0.39, 0.29) is 11.4 Å². The van der Waals surface area contributed by atoms with Gasteiger partial charge in [-0.15, -0.1) is 11.3 Å². The lowest BCUT2D eigenvalue weighted by Gasteiger charge is -2.19. The fourth-order valence-electron chi connectivity index (χ4n) is 2.59. The Morgan fingerprint density at radius 1 is 1.16 bits per heavy atom. The van der Waals surface area contributed by atoms with Gasteiger partial charge in [0.2, 0.25) is 0 Å². The van der Waals surface area contributed by atoms with Gasteiger partial charge in [0.25, 0.3) is 5.91 Å². The van der Waals surface area contributed by atoms with Crippen LogP contribution in [-0.2, 0) is 0 Å². The van der Waals surface area contributed by atoms with Crippen LogP contribution in [0.2, 0.25) is 0 Å². The zero-order chi connectivity index (χ0) is 18.4. The van der Waals surface area contributed by atoms with Crippen molar-refractivity contribution in [1.29, 1.82) is 0 Å². The Balaban J connectivity index is 2.17. The number of hydrogen-bond donors (Lipinski definition) is 2. The molecule has 0 aliphatic rings. The maximum atomic E-state index is 12.5. The van der Waals surface area contributed by atoms with Crippen molar-refractivity contribution in [1.82, 2.24) is 10.3 Å². The minimum Gasteiger partial charge on any atom is -0.493 e. The summed E-state index contributed by atoms with van der Waals surface area (Å²) in [6, 6.07) is 5.60. The number of carbonyl (C=O) groups excluding carboxylic acids is 1. The van der Waals surface area contributed by atoms with Gasteiger partial charge in [0.1, 0.15) is 9.71 Å². The molecule has 0 spiro atoms. The molecule has 0 aliphatic heterocycles. The molecule has 3 N–H and O–H groups in total. The van der Waals surface area contributed by atoms with Crippen molar-refractivity contribution >= 4 is 44.1 Å². The SMILES string of the molecule is COc1cc2cc3c(N)c(C(=O)NC(C)(C)C)sc3nc2cc1OC. The fourth-order valence-corrected chi connectivity index (χ4v) is 3.57. The van der Waals surface area contributed by atoms with E-state index in [0.29, 0.717) is 22.1 Å². The van der Waals surface area contributed by atoms with Crippen molar-refractivity contribution in [2.24, 2.45) is 0 Å². The molecular formula is C18H21N3O3S. The Hall–Kier alpha value is -2.54. The molecule has 0 bridgehead atoms. The number of carbonyl (C=O) groups is 1. The summed E-state index contributed by atoms with van der Waals surface area (Å²) >= 11 is 1.29. The number of hydrogen-bond acceptors (Lipinski definition) is 6. The molecule has 0 fully saturated rings. The smallest absolute Gasteiger partial charge is 0.263 e. The summed E-state index contributed by atoms with van der Waals surface area (Å²) in [6.07, 6.45) is 0. The van der Waals surface area contributed by atoms with Crippen molar-refractivity contribution < 1.29 is 14.3 Å². The van der Waals surface area contributed by atoms with Crippen LogP contribution in [0.4, 0.5) is 5.69 Å². The van der Waals surface area contributed by atoms with Crippen molar-refractivity contribution in [3.8, 4) is 11.5 Å². The maximum absolute atomic E-state index is 12.5. The predicted octanol–water partition coefficient (Wildman–Crippen LogP) is 3.58. The highest BCUT2D eigenvalue weighted by Gasteiger charge is 2.22. The number of methoxy groups -OCH3 is 2. The molecule has 2 heterocycles. The van der Waals surface area contributed by atoms with Gasteiger partial charge in [0, 0.05) is 22.4 Å². The molecule has 0 aliphatic carbocycles. The number of nitrogens with one attached hydrogen (secondary N) is 1. The van der Waals surface area contributed by atoms with Crippen LogP contribution in [0.1, 0.15) is 30.4 Å². The van der Waals surface area contributed by atoms with Gasteiger partial charge < -0.3 is 20.5 Å². The van der Waals surface area contributed by atoms with Crippen LogP contribution in [0.3, 0.4) is 0 Å². The van der Waals surface area contributed by atoms with Gasteiger partial charge >= 0.3 is 0 Å². The van der Waals surface area contributed by atoms with Gasteiger partial charge in [0.05, 0.1) is 25.4 Å². The van der Waals surface area contributed by atoms with Gasteiger partial charge in [-0.05, 0) is 32.9 Å². The molecule has 0 saturated heterocycles. The molecule has 0 saturated carbocycles. The first kappa shape index (κ1) is 17.3. The molecule has 0 unspecified atom stereocenters. The third-order valence-corrected chi connectivity index (χ3v) is 4.83. The molecule has 1 amide bonds. The summed E-state index contributed by atoms with van der Waals surface area (Å²) in [6.45, 7) is 5.79. The minimum absolute atomic E-state index is 0.188. The van der Waals surface area contributed by atoms with E-state index in [1.54, 1.807) is 14.2 Å². The number of anilines is 1. The fraction of sp³-hybridized carbons (Fsp3) is 0.333. The first-order valence-electron chi connectivity index (χ1n) is 7.81. The summed E-state index contributed by atoms with van der Waals surface area (Å²) < 4.78 is 10.7. The van der Waals surface area contributed by atoms with Gasteiger partial charge in [0.15, 0.2) is 11.5 Å². The number of benzene rings is 1. The largest absolute Gasteiger partial charge is 0.493 e. The lowest BCUT2D eigenvalue weighted by Crippen LogP contribution is -2.40. The Kier molecular flexibility index (Phi) is 4.20. The number of nitrogens with zero attached hydrogens (tertiary/aromatic N) is 1. The molecule has 0 atom stereocenters. The van der Waals surface area contributed by atoms with Gasteiger partial charge in [-0.1, -0.05) is 0 Å². The number of nitrogen functional groups attached to an aromatic ring is 1. The van der Waals surface area contributed by atoms with E-state index in [1.165, 1.54) is 11.3 Å². The number of aromatic nitrogens is 1. The first-order chi connectivity index (χ1) is 11.7. The highest BCUT2D eigenvalue weighted by Crippen LogP contribution is 2.38. The second-order valence-electron chi connectivity index (χ2n) is 6.79. The number of thiophene rings is 1. The Labute approximate surface area is 149 Å². The predicted molar refractivity (Wildman–Crippen MR) is 102 cm³/mol. The zero-order valence-electron chi connectivity index (χ0n) is 14.9. The Morgan fingerprint density at radius 2 is 1.80 bits per heavy atom. The molecule has 132 valence electrons. The summed E-state index contributed by atoms with van der Waals surface area (Å²) in [5.74, 6) is 1.04. The number of ether oxygens (including phenoxy) is 2. The minimum atomic E-state index is -0.335. The van der Waals surface area contributed by atoms with Crippen molar-refractivity contribution in [2.45, 2.75) is 26.3 Å². The van der Waals surface area contributed by atoms with Crippen LogP contribution in [0.5, 0.6) is 11.5 Å². The highest BCUT2D eigenvalue weighted by molar-refractivity contribution is 7.21. The van der Waals surface area contributed by atoms with Crippen molar-refractivity contribution in [3.63, 3.8) is 0 Å². The van der Waals surface area contributed by atoms with E-state index in [1.807, 2.05) is 39.0 Å². The number of fused-ring (bicyclic) bond motifs is 2. The van der Waals surface area contributed by atoms with Crippen LogP contribution in [0.15, 0.2) is 18.2 Å². The Morgan fingerprint density at radius 3 is 2.40 bits per heavy atom. The van der Waals surface area contributed by atoms with Gasteiger partial charge in [-0.2, -0.15) is 0 Å². The molecule has 1 aromatic carbocycles. The number of nitrogens with two attached hydrogens (primary N) is 1. The third kappa shape index (κ3) is 3.19. The topological polar surface area (TPSA) is 86.5 Å². The van der Waals surface area contributed by atoms with Crippen LogP contribution in [-0.4, -0.2) is 30.6 Å². The second kappa shape index (κ2) is 6.07. The van der Waals surface area contributed by atoms with E-state index in [4.69, 9.17) is 15.2 Å². The lowest BCUT2D eigenvalue weighted by molar-refractivity contribution is 0.0924. The molecule has 2 aromatic heterocycles. The number of pyridine rings is 1. The third-order valence-electron chi connectivity index (χ3n) is 3.71. The maximum Gasteiger partial charge on any atom is 0.263 e. The number of rotatable bonds is 3. The molecule has 3 aromatic rings. The average Bonchev–Trinajstić information content (AvgIpc) is 2.86. The Bertz CT molecular complexity index is 973. The zero-order valence-corrected chi connectivity index (χ0v) is 15.7. The molecule has 3 rings (SSSR count). The highest BCUT2D eigenvalue weighted by atomic mass is 32.1. The summed E-state index contributed by atoms with van der Waals surface area (Å²) in [7, 11) is 3.17. The average molecular weight is 359 g/mol. The quantitative estimate of drug-likeness (QED) is 0.746. The molecule has 7 heteroatoms. The molecule has 0 radical (unpaired) electrons. The van der Waals surface area contributed by atoms with E-state index in [2.05, 4.69) is 10.3 Å². The van der Waals surface area contributed by atoms with E-state index in [9.17, 15) is 4.79 Å². The second-order valence-corrected chi connectivity index (χ2v) is 7.79. The summed E-state index contributed by atoms with van der Waals surface area (Å²) in [5.41, 5.74) is 7.10. The van der Waals surface area contributed by atoms with E-state index < -0.39 is 0 Å². The molecule has 6 nitrogen and oxygen atoms in total. The standard InChI is InChI=1S/C18H21N3O3S/c1-18(2,3)21-16(22)15-14(19)10-6-9-7-12(23-4)13(24-5)8-11(9)20-17(10)25-15/h6-8H,19H2,1-5H3,(H,21,22). The van der Waals surface area contributed by atoms with Crippen molar-refractivity contribution in [3.05, 3.63) is 23.1 Å². The van der Waals surface area contributed by atoms with Crippen molar-refractivity contribution in [2.75, 3.05) is 20.0 Å². The number of amides is 1. The van der Waals surface area contributed by atoms with Crippen LogP contribution < -0.4 is 20.5 Å². The van der Waals surface area contributed by atoms with Crippen LogP contribution in [0.25, 0.3) is 21.1 Å². The van der Waals surface area contributed by atoms with Gasteiger partial charge in [-0.25, -0.2) is 4.98 Å². The monoisotopic (exact) mass is 359 g/mol. The van der Waals surface area contributed by atoms with Crippen LogP contribution in [0, 0.1) is 0 Å². The normalized spacial score (nSPS) is 11.7. The van der Waals surface area contributed by atoms with Crippen LogP contribution >= 0.6 is 11.3 Å². The first-order valence-corrected chi connectivity index (χ1v) is 8.62. The van der Waals surface area contributed by atoms with E-state index >= 15 is 0 Å². The van der Waals surface area contributed by atoms with Gasteiger partial charge in [-0.3, -0.25) is 4.79 Å². The summed E-state index contributed by atoms with van der Waals surface area (Å²) in [5, 5.41) is 4.58. The molecule has 25 heavy (non-hydrogen) atoms. The lowest BCUT2D eigenvalue weighted by atomic mass is 10.1.